The number of aromatic nitrogens is 1. The Hall–Kier alpha value is -1.42. The third-order valence-corrected chi connectivity index (χ3v) is 3.25. The molecule has 2 heterocycles. The van der Waals surface area contributed by atoms with Crippen LogP contribution in [0.3, 0.4) is 0 Å². The van der Waals surface area contributed by atoms with Crippen molar-refractivity contribution in [2.45, 2.75) is 25.8 Å². The fourth-order valence-electron chi connectivity index (χ4n) is 2.04. The zero-order chi connectivity index (χ0) is 12.4. The Bertz CT molecular complexity index is 400. The molecule has 4 heteroatoms. The quantitative estimate of drug-likeness (QED) is 0.851. The Morgan fingerprint density at radius 3 is 2.71 bits per heavy atom. The molecule has 17 heavy (non-hydrogen) atoms. The van der Waals surface area contributed by atoms with Crippen LogP contribution >= 0.6 is 0 Å². The lowest BCUT2D eigenvalue weighted by atomic mass is 10.1. The van der Waals surface area contributed by atoms with Crippen molar-refractivity contribution in [3.05, 3.63) is 23.9 Å². The highest BCUT2D eigenvalue weighted by Crippen LogP contribution is 2.19. The van der Waals surface area contributed by atoms with Gasteiger partial charge in [0.05, 0.1) is 12.6 Å². The molecule has 0 aromatic carbocycles. The monoisotopic (exact) mass is 233 g/mol. The predicted octanol–water partition coefficient (Wildman–Crippen LogP) is 1.18. The minimum absolute atomic E-state index is 0.0541. The lowest BCUT2D eigenvalue weighted by Crippen LogP contribution is -2.33. The van der Waals surface area contributed by atoms with E-state index in [-0.39, 0.29) is 11.8 Å². The van der Waals surface area contributed by atoms with Gasteiger partial charge in [-0.15, -0.1) is 0 Å². The summed E-state index contributed by atoms with van der Waals surface area (Å²) in [6.07, 6.45) is 1.90. The first-order valence-electron chi connectivity index (χ1n) is 6.02. The second kappa shape index (κ2) is 4.84. The number of carbonyl (C=O) groups is 1. The summed E-state index contributed by atoms with van der Waals surface area (Å²) in [4.78, 5) is 18.1. The van der Waals surface area contributed by atoms with E-state index in [4.69, 9.17) is 0 Å². The van der Waals surface area contributed by atoms with E-state index in [1.54, 1.807) is 0 Å². The van der Waals surface area contributed by atoms with Gasteiger partial charge < -0.3 is 10.2 Å². The minimum Gasteiger partial charge on any atom is -0.347 e. The lowest BCUT2D eigenvalue weighted by molar-refractivity contribution is -0.117. The first kappa shape index (κ1) is 12.0. The van der Waals surface area contributed by atoms with Crippen LogP contribution in [0, 0.1) is 0 Å². The van der Waals surface area contributed by atoms with Gasteiger partial charge in [-0.2, -0.15) is 0 Å². The topological polar surface area (TPSA) is 45.2 Å². The number of Topliss-reactive ketones (excluding diaryl/α,β-unsaturated/α-hetero) is 1. The van der Waals surface area contributed by atoms with Gasteiger partial charge in [0.2, 0.25) is 0 Å². The van der Waals surface area contributed by atoms with Gasteiger partial charge in [0.15, 0.2) is 5.78 Å². The Morgan fingerprint density at radius 2 is 2.24 bits per heavy atom. The fourth-order valence-corrected chi connectivity index (χ4v) is 2.04. The molecular formula is C13H19N3O. The second-order valence-corrected chi connectivity index (χ2v) is 4.79. The highest BCUT2D eigenvalue weighted by Gasteiger charge is 2.29. The summed E-state index contributed by atoms with van der Waals surface area (Å²) >= 11 is 0. The van der Waals surface area contributed by atoms with Crippen LogP contribution in [-0.2, 0) is 4.79 Å². The van der Waals surface area contributed by atoms with Crippen LogP contribution in [0.15, 0.2) is 18.3 Å². The summed E-state index contributed by atoms with van der Waals surface area (Å²) in [6, 6.07) is 4.03. The van der Waals surface area contributed by atoms with E-state index in [2.05, 4.69) is 30.2 Å². The molecule has 0 aliphatic carbocycles. The molecule has 1 unspecified atom stereocenters. The van der Waals surface area contributed by atoms with Gasteiger partial charge in [0, 0.05) is 12.7 Å². The Balaban J connectivity index is 2.11. The van der Waals surface area contributed by atoms with Crippen LogP contribution in [0.5, 0.6) is 0 Å². The molecule has 1 saturated heterocycles. The van der Waals surface area contributed by atoms with Crippen LogP contribution in [0.4, 0.5) is 5.82 Å². The van der Waals surface area contributed by atoms with Crippen LogP contribution in [-0.4, -0.2) is 36.9 Å². The molecule has 1 N–H and O–H groups in total. The van der Waals surface area contributed by atoms with Crippen molar-refractivity contribution in [3.8, 4) is 0 Å². The van der Waals surface area contributed by atoms with Crippen molar-refractivity contribution >= 4 is 11.6 Å². The number of anilines is 1. The van der Waals surface area contributed by atoms with Gasteiger partial charge in [0.25, 0.3) is 0 Å². The standard InChI is InChI=1S/C13H19N3O/c1-9(2)10-4-5-13(15-6-10)16-7-11(14-3)12(17)8-16/h4-6,9,11,14H,7-8H2,1-3H3. The number of hydrogen-bond donors (Lipinski definition) is 1. The minimum atomic E-state index is -0.0541. The smallest absolute Gasteiger partial charge is 0.170 e. The molecular weight excluding hydrogens is 214 g/mol. The number of hydrogen-bond acceptors (Lipinski definition) is 4. The molecule has 1 aliphatic heterocycles. The number of likely N-dealkylation sites (N-methyl/N-ethyl adjacent to an activating group) is 1. The average molecular weight is 233 g/mol. The van der Waals surface area contributed by atoms with E-state index < -0.39 is 0 Å². The maximum Gasteiger partial charge on any atom is 0.170 e. The van der Waals surface area contributed by atoms with Gasteiger partial charge in [-0.3, -0.25) is 4.79 Å². The largest absolute Gasteiger partial charge is 0.347 e. The number of nitrogens with zero attached hydrogens (tertiary/aromatic N) is 2. The molecule has 1 atom stereocenters. The summed E-state index contributed by atoms with van der Waals surface area (Å²) in [6.45, 7) is 5.46. The Labute approximate surface area is 102 Å². The number of nitrogens with one attached hydrogen (secondary N) is 1. The van der Waals surface area contributed by atoms with E-state index in [1.165, 1.54) is 5.56 Å². The van der Waals surface area contributed by atoms with Crippen molar-refractivity contribution in [2.24, 2.45) is 0 Å². The molecule has 1 aromatic rings. The number of ketones is 1. The molecule has 1 fully saturated rings. The fraction of sp³-hybridized carbons (Fsp3) is 0.538. The predicted molar refractivity (Wildman–Crippen MR) is 68.4 cm³/mol. The van der Waals surface area contributed by atoms with Crippen molar-refractivity contribution in [1.29, 1.82) is 0 Å². The van der Waals surface area contributed by atoms with Crippen molar-refractivity contribution in [2.75, 3.05) is 25.0 Å². The number of carbonyl (C=O) groups excluding carboxylic acids is 1. The summed E-state index contributed by atoms with van der Waals surface area (Å²) in [7, 11) is 1.82. The highest BCUT2D eigenvalue weighted by atomic mass is 16.1. The molecule has 0 bridgehead atoms. The number of pyridine rings is 1. The first-order chi connectivity index (χ1) is 8.11. The van der Waals surface area contributed by atoms with Crippen LogP contribution in [0.2, 0.25) is 0 Å². The van der Waals surface area contributed by atoms with E-state index in [1.807, 2.05) is 24.2 Å². The molecule has 1 aromatic heterocycles. The molecule has 4 nitrogen and oxygen atoms in total. The second-order valence-electron chi connectivity index (χ2n) is 4.79. The molecule has 0 spiro atoms. The molecule has 0 radical (unpaired) electrons. The van der Waals surface area contributed by atoms with Gasteiger partial charge in [-0.1, -0.05) is 19.9 Å². The Kier molecular flexibility index (Phi) is 3.43. The summed E-state index contributed by atoms with van der Waals surface area (Å²) < 4.78 is 0. The summed E-state index contributed by atoms with van der Waals surface area (Å²) in [5, 5.41) is 3.02. The number of rotatable bonds is 3. The molecule has 92 valence electrons. The van der Waals surface area contributed by atoms with Gasteiger partial charge in [0.1, 0.15) is 5.82 Å². The van der Waals surface area contributed by atoms with E-state index >= 15 is 0 Å². The van der Waals surface area contributed by atoms with Crippen LogP contribution in [0.1, 0.15) is 25.3 Å². The van der Waals surface area contributed by atoms with E-state index in [0.29, 0.717) is 19.0 Å². The van der Waals surface area contributed by atoms with E-state index in [9.17, 15) is 4.79 Å². The van der Waals surface area contributed by atoms with Gasteiger partial charge >= 0.3 is 0 Å². The SMILES string of the molecule is CNC1CN(c2ccc(C(C)C)cn2)CC1=O. The van der Waals surface area contributed by atoms with E-state index in [0.717, 1.165) is 5.82 Å². The maximum absolute atomic E-state index is 11.6. The lowest BCUT2D eigenvalue weighted by Gasteiger charge is -2.16. The third kappa shape index (κ3) is 2.47. The molecule has 0 saturated carbocycles. The van der Waals surface area contributed by atoms with Gasteiger partial charge in [-0.25, -0.2) is 4.98 Å². The highest BCUT2D eigenvalue weighted by molar-refractivity contribution is 5.92. The van der Waals surface area contributed by atoms with Gasteiger partial charge in [-0.05, 0) is 24.6 Å². The van der Waals surface area contributed by atoms with Crippen LogP contribution in [0.25, 0.3) is 0 Å². The van der Waals surface area contributed by atoms with Crippen molar-refractivity contribution in [3.63, 3.8) is 0 Å². The zero-order valence-electron chi connectivity index (χ0n) is 10.6. The summed E-state index contributed by atoms with van der Waals surface area (Å²) in [5.74, 6) is 1.62. The third-order valence-electron chi connectivity index (χ3n) is 3.25. The van der Waals surface area contributed by atoms with Crippen LogP contribution < -0.4 is 10.2 Å². The summed E-state index contributed by atoms with van der Waals surface area (Å²) in [5.41, 5.74) is 1.23. The molecule has 0 amide bonds. The van der Waals surface area contributed by atoms with Crippen molar-refractivity contribution < 1.29 is 4.79 Å². The van der Waals surface area contributed by atoms with Crippen molar-refractivity contribution in [1.82, 2.24) is 10.3 Å². The first-order valence-corrected chi connectivity index (χ1v) is 6.02. The molecule has 2 rings (SSSR count). The Morgan fingerprint density at radius 1 is 1.47 bits per heavy atom. The normalized spacial score (nSPS) is 20.4. The zero-order valence-corrected chi connectivity index (χ0v) is 10.6. The maximum atomic E-state index is 11.6. The molecule has 1 aliphatic rings. The average Bonchev–Trinajstić information content (AvgIpc) is 2.70.